The highest BCUT2D eigenvalue weighted by molar-refractivity contribution is 5.79. The van der Waals surface area contributed by atoms with Crippen LogP contribution in [0.5, 0.6) is 5.75 Å². The predicted octanol–water partition coefficient (Wildman–Crippen LogP) is 4.52. The number of nitrogens with zero attached hydrogens (tertiary/aromatic N) is 1. The molecule has 0 aromatic carbocycles. The van der Waals surface area contributed by atoms with Crippen LogP contribution >= 0.6 is 0 Å². The Labute approximate surface area is 150 Å². The molecule has 2 rings (SSSR count). The number of hydrogen-bond donors (Lipinski definition) is 1. The van der Waals surface area contributed by atoms with Gasteiger partial charge in [-0.25, -0.2) is 0 Å². The van der Waals surface area contributed by atoms with Gasteiger partial charge in [-0.3, -0.25) is 9.78 Å². The maximum Gasteiger partial charge on any atom is 0.224 e. The lowest BCUT2D eigenvalue weighted by atomic mass is 9.86. The summed E-state index contributed by atoms with van der Waals surface area (Å²) in [6.45, 7) is 8.51. The van der Waals surface area contributed by atoms with Gasteiger partial charge in [0.25, 0.3) is 0 Å². The van der Waals surface area contributed by atoms with Crippen LogP contribution in [0.15, 0.2) is 53.8 Å². The predicted molar refractivity (Wildman–Crippen MR) is 101 cm³/mol. The summed E-state index contributed by atoms with van der Waals surface area (Å²) in [4.78, 5) is 16.7. The van der Waals surface area contributed by atoms with Crippen LogP contribution < -0.4 is 10.1 Å². The van der Waals surface area contributed by atoms with E-state index >= 15 is 0 Å². The van der Waals surface area contributed by atoms with Crippen molar-refractivity contribution in [2.75, 3.05) is 7.11 Å². The highest BCUT2D eigenvalue weighted by atomic mass is 16.5. The van der Waals surface area contributed by atoms with E-state index in [0.29, 0.717) is 12.2 Å². The van der Waals surface area contributed by atoms with Crippen molar-refractivity contribution >= 4 is 5.91 Å². The largest absolute Gasteiger partial charge is 0.495 e. The molecular weight excluding hydrogens is 312 g/mol. The molecule has 0 fully saturated rings. The van der Waals surface area contributed by atoms with Gasteiger partial charge in [0.2, 0.25) is 5.91 Å². The minimum atomic E-state index is -0.138. The summed E-state index contributed by atoms with van der Waals surface area (Å²) in [6, 6.07) is 3.58. The molecule has 0 spiro atoms. The van der Waals surface area contributed by atoms with Crippen LogP contribution in [0.1, 0.15) is 52.3 Å². The number of methoxy groups -OCH3 is 1. The highest BCUT2D eigenvalue weighted by Gasteiger charge is 2.16. The molecule has 0 saturated carbocycles. The van der Waals surface area contributed by atoms with Crippen LogP contribution in [0.2, 0.25) is 0 Å². The second kappa shape index (κ2) is 8.15. The number of carbonyl (C=O) groups excluding carboxylic acids is 1. The third-order valence-electron chi connectivity index (χ3n) is 4.25. The van der Waals surface area contributed by atoms with Gasteiger partial charge in [-0.2, -0.15) is 0 Å². The van der Waals surface area contributed by atoms with Crippen LogP contribution in [0.25, 0.3) is 0 Å². The number of hydrogen-bond acceptors (Lipinski definition) is 3. The minimum Gasteiger partial charge on any atom is -0.495 e. The molecule has 1 heterocycles. The average molecular weight is 340 g/mol. The van der Waals surface area contributed by atoms with E-state index in [9.17, 15) is 4.79 Å². The Hall–Kier alpha value is -2.36. The first kappa shape index (κ1) is 19.0. The second-order valence-electron chi connectivity index (χ2n) is 7.39. The van der Waals surface area contributed by atoms with E-state index in [1.165, 1.54) is 5.57 Å². The van der Waals surface area contributed by atoms with Gasteiger partial charge in [-0.1, -0.05) is 50.6 Å². The molecule has 4 nitrogen and oxygen atoms in total. The van der Waals surface area contributed by atoms with Crippen molar-refractivity contribution in [2.45, 2.75) is 46.6 Å². The lowest BCUT2D eigenvalue weighted by molar-refractivity contribution is -0.121. The summed E-state index contributed by atoms with van der Waals surface area (Å²) in [5, 5.41) is 3.01. The molecule has 1 aliphatic carbocycles. The van der Waals surface area contributed by atoms with Crippen LogP contribution in [0.3, 0.4) is 0 Å². The van der Waals surface area contributed by atoms with Gasteiger partial charge in [0.05, 0.1) is 25.0 Å². The standard InChI is InChI=1S/C21H28N2O2/c1-15(19-12-11-18(25-5)14-22-19)23-20(24)13-16-7-6-8-17(10-9-16)21(2,3)4/h6,8-12,14-15H,7,13H2,1-5H3,(H,23,24). The molecule has 0 bridgehead atoms. The number of aromatic nitrogens is 1. The maximum absolute atomic E-state index is 12.4. The van der Waals surface area contributed by atoms with Gasteiger partial charge in [-0.15, -0.1) is 0 Å². The van der Waals surface area contributed by atoms with Crippen molar-refractivity contribution in [2.24, 2.45) is 5.41 Å². The number of nitrogens with one attached hydrogen (secondary N) is 1. The van der Waals surface area contributed by atoms with Crippen molar-refractivity contribution in [3.63, 3.8) is 0 Å². The summed E-state index contributed by atoms with van der Waals surface area (Å²) in [5.41, 5.74) is 3.32. The first-order valence-corrected chi connectivity index (χ1v) is 8.65. The molecule has 1 aromatic rings. The van der Waals surface area contributed by atoms with Gasteiger partial charge >= 0.3 is 0 Å². The quantitative estimate of drug-likeness (QED) is 0.857. The summed E-state index contributed by atoms with van der Waals surface area (Å²) in [6.07, 6.45) is 11.4. The third kappa shape index (κ3) is 5.59. The molecule has 4 heteroatoms. The van der Waals surface area contributed by atoms with E-state index in [2.05, 4.69) is 55.4 Å². The van der Waals surface area contributed by atoms with Crippen molar-refractivity contribution < 1.29 is 9.53 Å². The summed E-state index contributed by atoms with van der Waals surface area (Å²) in [5.74, 6) is 0.719. The van der Waals surface area contributed by atoms with Crippen molar-refractivity contribution in [1.29, 1.82) is 0 Å². The Kier molecular flexibility index (Phi) is 6.18. The fourth-order valence-electron chi connectivity index (χ4n) is 2.64. The Morgan fingerprint density at radius 1 is 1.32 bits per heavy atom. The van der Waals surface area contributed by atoms with Gasteiger partial charge < -0.3 is 10.1 Å². The van der Waals surface area contributed by atoms with Crippen molar-refractivity contribution in [3.8, 4) is 5.75 Å². The summed E-state index contributed by atoms with van der Waals surface area (Å²) >= 11 is 0. The number of ether oxygens (including phenoxy) is 1. The molecule has 1 amide bonds. The van der Waals surface area contributed by atoms with Gasteiger partial charge in [0.15, 0.2) is 0 Å². The number of rotatable bonds is 5. The SMILES string of the molecule is COc1ccc(C(C)NC(=O)CC2=CC=C(C(C)(C)C)C=CC2)nc1. The lowest BCUT2D eigenvalue weighted by Crippen LogP contribution is -2.27. The van der Waals surface area contributed by atoms with E-state index in [-0.39, 0.29) is 17.4 Å². The maximum atomic E-state index is 12.4. The zero-order valence-corrected chi connectivity index (χ0v) is 15.8. The molecular formula is C21H28N2O2. The molecule has 1 unspecified atom stereocenters. The molecule has 1 N–H and O–H groups in total. The van der Waals surface area contributed by atoms with Crippen molar-refractivity contribution in [1.82, 2.24) is 10.3 Å². The second-order valence-corrected chi connectivity index (χ2v) is 7.39. The van der Waals surface area contributed by atoms with Crippen LogP contribution in [-0.4, -0.2) is 18.0 Å². The van der Waals surface area contributed by atoms with Gasteiger partial charge in [0.1, 0.15) is 5.75 Å². The fraction of sp³-hybridized carbons (Fsp3) is 0.429. The number of carbonyl (C=O) groups is 1. The molecule has 25 heavy (non-hydrogen) atoms. The first-order valence-electron chi connectivity index (χ1n) is 8.65. The molecule has 0 saturated heterocycles. The van der Waals surface area contributed by atoms with E-state index in [1.54, 1.807) is 13.3 Å². The molecule has 0 aliphatic heterocycles. The molecule has 1 atom stereocenters. The lowest BCUT2D eigenvalue weighted by Gasteiger charge is -2.19. The third-order valence-corrected chi connectivity index (χ3v) is 4.25. The summed E-state index contributed by atoms with van der Waals surface area (Å²) < 4.78 is 5.11. The Balaban J connectivity index is 1.96. The molecule has 134 valence electrons. The van der Waals surface area contributed by atoms with Gasteiger partial charge in [0, 0.05) is 6.42 Å². The minimum absolute atomic E-state index is 0.0115. The number of amides is 1. The van der Waals surface area contributed by atoms with E-state index in [4.69, 9.17) is 4.74 Å². The van der Waals surface area contributed by atoms with E-state index < -0.39 is 0 Å². The smallest absolute Gasteiger partial charge is 0.224 e. The van der Waals surface area contributed by atoms with E-state index in [1.807, 2.05) is 19.1 Å². The zero-order chi connectivity index (χ0) is 18.4. The monoisotopic (exact) mass is 340 g/mol. The number of pyridine rings is 1. The van der Waals surface area contributed by atoms with Crippen molar-refractivity contribution in [3.05, 3.63) is 59.5 Å². The highest BCUT2D eigenvalue weighted by Crippen LogP contribution is 2.28. The zero-order valence-electron chi connectivity index (χ0n) is 15.8. The Morgan fingerprint density at radius 2 is 2.08 bits per heavy atom. The van der Waals surface area contributed by atoms with Crippen LogP contribution in [0.4, 0.5) is 0 Å². The topological polar surface area (TPSA) is 51.2 Å². The first-order chi connectivity index (χ1) is 11.8. The van der Waals surface area contributed by atoms with Gasteiger partial charge in [-0.05, 0) is 36.5 Å². The average Bonchev–Trinajstić information content (AvgIpc) is 2.80. The van der Waals surface area contributed by atoms with E-state index in [0.717, 1.165) is 17.7 Å². The number of allylic oxidation sites excluding steroid dienone is 5. The summed E-state index contributed by atoms with van der Waals surface area (Å²) in [7, 11) is 1.61. The Bertz CT molecular complexity index is 692. The van der Waals surface area contributed by atoms with Crippen LogP contribution in [0, 0.1) is 5.41 Å². The normalized spacial score (nSPS) is 15.7. The Morgan fingerprint density at radius 3 is 2.68 bits per heavy atom. The van der Waals surface area contributed by atoms with Crippen LogP contribution in [-0.2, 0) is 4.79 Å². The fourth-order valence-corrected chi connectivity index (χ4v) is 2.64. The molecule has 1 aliphatic rings. The molecule has 1 aromatic heterocycles. The molecule has 0 radical (unpaired) electrons.